The van der Waals surface area contributed by atoms with Crippen LogP contribution in [0.1, 0.15) is 66.5 Å². The third-order valence-electron chi connectivity index (χ3n) is 3.53. The summed E-state index contributed by atoms with van der Waals surface area (Å²) >= 11 is -1.59. The van der Waals surface area contributed by atoms with E-state index in [4.69, 9.17) is 5.73 Å². The molecule has 0 spiro atoms. The van der Waals surface area contributed by atoms with Gasteiger partial charge in [0.25, 0.3) is 0 Å². The van der Waals surface area contributed by atoms with Crippen LogP contribution >= 0.6 is 0 Å². The van der Waals surface area contributed by atoms with E-state index < -0.39 is 20.0 Å². The zero-order chi connectivity index (χ0) is 21.9. The van der Waals surface area contributed by atoms with Crippen molar-refractivity contribution in [1.82, 2.24) is 9.61 Å². The van der Waals surface area contributed by atoms with Crippen LogP contribution in [0.2, 0.25) is 0 Å². The molecule has 2 N–H and O–H groups in total. The van der Waals surface area contributed by atoms with Crippen LogP contribution in [-0.2, 0) is 0 Å². The van der Waals surface area contributed by atoms with E-state index in [1.165, 1.54) is 23.8 Å². The zero-order valence-corrected chi connectivity index (χ0v) is 19.7. The molecule has 28 heavy (non-hydrogen) atoms. The Morgan fingerprint density at radius 1 is 1.29 bits per heavy atom. The molecule has 2 aromatic heterocycles. The third-order valence-corrected chi connectivity index (χ3v) is 5.51. The van der Waals surface area contributed by atoms with E-state index in [2.05, 4.69) is 38.9 Å². The Balaban J connectivity index is 0.000000528. The molecule has 0 radical (unpaired) electrons. The number of nitrogens with two attached hydrogens (primary N) is 1. The summed E-state index contributed by atoms with van der Waals surface area (Å²) in [4.78, 5) is 0. The van der Waals surface area contributed by atoms with E-state index >= 15 is 0 Å². The summed E-state index contributed by atoms with van der Waals surface area (Å²) in [7, 11) is 0. The first-order valence-electron chi connectivity index (χ1n) is 9.70. The number of aryl methyl sites for hydroxylation is 1. The number of aromatic nitrogens is 2. The summed E-state index contributed by atoms with van der Waals surface area (Å²) in [5.74, 6) is 1.15. The van der Waals surface area contributed by atoms with E-state index in [1.807, 2.05) is 13.8 Å². The van der Waals surface area contributed by atoms with Crippen molar-refractivity contribution < 1.29 is 13.2 Å². The molecule has 0 amide bonds. The molecule has 0 saturated carbocycles. The molecule has 0 aliphatic heterocycles. The fraction of sp³-hybridized carbons (Fsp3) is 0.571. The molecule has 0 aliphatic carbocycles. The molecular weight excluding hydrogens is 430 g/mol. The standard InChI is InChI=1S/C10H20.C9H8F3N3Se.C2H6/c1-5-6-7-10(4)8-9(2)3;1-5-8(16-9(10,11)12)6-3-2-4-7(13)15(6)14-5;1-2/h7,9H,5-6,8H2,1-4H3;2-4H,13H2,1H3;1-2H3/b10-7-;;. The zero-order valence-electron chi connectivity index (χ0n) is 18.0. The van der Waals surface area contributed by atoms with Crippen LogP contribution in [0.15, 0.2) is 29.8 Å². The predicted octanol–water partition coefficient (Wildman–Crippen LogP) is 5.88. The first kappa shape index (κ1) is 26.5. The van der Waals surface area contributed by atoms with Gasteiger partial charge in [-0.1, -0.05) is 52.7 Å². The van der Waals surface area contributed by atoms with E-state index in [1.54, 1.807) is 30.7 Å². The third kappa shape index (κ3) is 9.65. The Kier molecular flexibility index (Phi) is 12.2. The van der Waals surface area contributed by atoms with Crippen LogP contribution in [0.25, 0.3) is 5.52 Å². The summed E-state index contributed by atoms with van der Waals surface area (Å²) < 4.78 is 38.7. The monoisotopic (exact) mass is 465 g/mol. The van der Waals surface area contributed by atoms with Crippen molar-refractivity contribution in [3.8, 4) is 0 Å². The quantitative estimate of drug-likeness (QED) is 0.444. The summed E-state index contributed by atoms with van der Waals surface area (Å²) in [5, 5.41) is -0.171. The van der Waals surface area contributed by atoms with Crippen LogP contribution in [0, 0.1) is 12.8 Å². The number of halogens is 3. The number of fused-ring (bicyclic) bond motifs is 1. The number of rotatable bonds is 5. The Morgan fingerprint density at radius 3 is 2.39 bits per heavy atom. The second-order valence-corrected chi connectivity index (χ2v) is 8.90. The van der Waals surface area contributed by atoms with Gasteiger partial charge in [-0.05, 0) is 25.7 Å². The van der Waals surface area contributed by atoms with Crippen LogP contribution in [0.3, 0.4) is 0 Å². The molecule has 7 heteroatoms. The van der Waals surface area contributed by atoms with Crippen molar-refractivity contribution in [2.24, 2.45) is 5.92 Å². The van der Waals surface area contributed by atoms with Crippen molar-refractivity contribution in [3.05, 3.63) is 35.5 Å². The second-order valence-electron chi connectivity index (χ2n) is 6.65. The van der Waals surface area contributed by atoms with Gasteiger partial charge in [0.2, 0.25) is 0 Å². The van der Waals surface area contributed by atoms with Gasteiger partial charge in [-0.3, -0.25) is 0 Å². The molecule has 0 atom stereocenters. The Morgan fingerprint density at radius 2 is 1.89 bits per heavy atom. The topological polar surface area (TPSA) is 43.3 Å². The molecular formula is C21H34F3N3Se. The van der Waals surface area contributed by atoms with Crippen LogP contribution in [0.5, 0.6) is 0 Å². The second kappa shape index (κ2) is 12.9. The number of anilines is 1. The number of hydrogen-bond acceptors (Lipinski definition) is 2. The molecule has 0 aliphatic rings. The summed E-state index contributed by atoms with van der Waals surface area (Å²) in [6.45, 7) is 14.6. The number of allylic oxidation sites excluding steroid dienone is 2. The normalized spacial score (nSPS) is 11.8. The van der Waals surface area contributed by atoms with Gasteiger partial charge in [0, 0.05) is 0 Å². The van der Waals surface area contributed by atoms with Gasteiger partial charge in [0.1, 0.15) is 0 Å². The maximum atomic E-state index is 12.4. The van der Waals surface area contributed by atoms with Crippen molar-refractivity contribution in [2.45, 2.75) is 72.8 Å². The van der Waals surface area contributed by atoms with Crippen LogP contribution in [0.4, 0.5) is 19.0 Å². The first-order valence-corrected chi connectivity index (χ1v) is 11.4. The molecule has 0 saturated heterocycles. The molecule has 2 heterocycles. The number of alkyl halides is 3. The van der Waals surface area contributed by atoms with Gasteiger partial charge in [0.05, 0.1) is 0 Å². The van der Waals surface area contributed by atoms with E-state index in [-0.39, 0.29) is 4.46 Å². The van der Waals surface area contributed by atoms with Gasteiger partial charge < -0.3 is 0 Å². The van der Waals surface area contributed by atoms with E-state index in [0.29, 0.717) is 17.0 Å². The Hall–Kier alpha value is -1.46. The minimum absolute atomic E-state index is 0.243. The molecule has 2 rings (SSSR count). The predicted molar refractivity (Wildman–Crippen MR) is 115 cm³/mol. The van der Waals surface area contributed by atoms with Crippen molar-refractivity contribution >= 4 is 30.8 Å². The molecule has 0 fully saturated rings. The average Bonchev–Trinajstić information content (AvgIpc) is 2.91. The fourth-order valence-electron chi connectivity index (χ4n) is 2.54. The van der Waals surface area contributed by atoms with Crippen molar-refractivity contribution in [2.75, 3.05) is 5.73 Å². The SMILES string of the molecule is CC.CCC/C=C(/C)CC(C)C.Cc1nn2c(N)cccc2c1[Se]C(F)(F)F. The first-order chi connectivity index (χ1) is 13.0. The van der Waals surface area contributed by atoms with Gasteiger partial charge >= 0.3 is 95.2 Å². The number of nitrogens with zero attached hydrogens (tertiary/aromatic N) is 2. The van der Waals surface area contributed by atoms with Crippen molar-refractivity contribution in [1.29, 1.82) is 0 Å². The number of pyridine rings is 1. The Labute approximate surface area is 173 Å². The Bertz CT molecular complexity index is 734. The van der Waals surface area contributed by atoms with Gasteiger partial charge in [-0.25, -0.2) is 0 Å². The van der Waals surface area contributed by atoms with Crippen molar-refractivity contribution in [3.63, 3.8) is 0 Å². The summed E-state index contributed by atoms with van der Waals surface area (Å²) in [6, 6.07) is 4.82. The van der Waals surface area contributed by atoms with Crippen LogP contribution in [-0.4, -0.2) is 29.6 Å². The van der Waals surface area contributed by atoms with Gasteiger partial charge in [-0.2, -0.15) is 0 Å². The number of hydrogen-bond donors (Lipinski definition) is 1. The summed E-state index contributed by atoms with van der Waals surface area (Å²) in [6.07, 6.45) is 6.15. The van der Waals surface area contributed by atoms with Crippen LogP contribution < -0.4 is 10.2 Å². The molecule has 160 valence electrons. The number of nitrogen functional groups attached to an aromatic ring is 1. The molecule has 0 unspecified atom stereocenters. The average molecular weight is 464 g/mol. The molecule has 2 aromatic rings. The maximum absolute atomic E-state index is 12.4. The number of unbranched alkanes of at least 4 members (excludes halogenated alkanes) is 1. The van der Waals surface area contributed by atoms with E-state index in [0.717, 1.165) is 5.92 Å². The molecule has 0 bridgehead atoms. The molecule has 3 nitrogen and oxygen atoms in total. The summed E-state index contributed by atoms with van der Waals surface area (Å²) in [5.41, 5.74) is 8.01. The minimum atomic E-state index is -4.17. The van der Waals surface area contributed by atoms with Gasteiger partial charge in [-0.15, -0.1) is 0 Å². The van der Waals surface area contributed by atoms with E-state index in [9.17, 15) is 13.2 Å². The molecule has 0 aromatic carbocycles. The fourth-order valence-corrected chi connectivity index (χ4v) is 3.97. The van der Waals surface area contributed by atoms with Gasteiger partial charge in [0.15, 0.2) is 0 Å².